The Morgan fingerprint density at radius 3 is 3.00 bits per heavy atom. The first-order valence-corrected chi connectivity index (χ1v) is 6.34. The summed E-state index contributed by atoms with van der Waals surface area (Å²) in [6.07, 6.45) is 6.60. The van der Waals surface area contributed by atoms with Crippen molar-refractivity contribution in [3.8, 4) is 22.9 Å². The van der Waals surface area contributed by atoms with Crippen LogP contribution in [0.3, 0.4) is 0 Å². The van der Waals surface area contributed by atoms with Crippen molar-refractivity contribution in [2.24, 2.45) is 0 Å². The van der Waals surface area contributed by atoms with Crippen molar-refractivity contribution in [1.82, 2.24) is 10.3 Å². The Morgan fingerprint density at radius 2 is 2.28 bits per heavy atom. The van der Waals surface area contributed by atoms with Crippen LogP contribution in [0.15, 0.2) is 30.5 Å². The molecule has 1 N–H and O–H groups in total. The molecule has 2 rings (SSSR count). The summed E-state index contributed by atoms with van der Waals surface area (Å²) in [5.41, 5.74) is 0.820. The summed E-state index contributed by atoms with van der Waals surface area (Å²) in [5.74, 6) is 2.13. The van der Waals surface area contributed by atoms with Crippen LogP contribution in [0.1, 0.15) is 9.67 Å². The van der Waals surface area contributed by atoms with Gasteiger partial charge in [0.25, 0.3) is 5.91 Å². The van der Waals surface area contributed by atoms with Gasteiger partial charge < -0.3 is 5.32 Å². The number of terminal acetylenes is 1. The Hall–Kier alpha value is -1.83. The Labute approximate surface area is 114 Å². The lowest BCUT2D eigenvalue weighted by molar-refractivity contribution is 0.0962. The number of benzene rings is 1. The molecule has 0 saturated carbocycles. The van der Waals surface area contributed by atoms with Gasteiger partial charge in [0, 0.05) is 5.56 Å². The van der Waals surface area contributed by atoms with Crippen molar-refractivity contribution in [3.63, 3.8) is 0 Å². The van der Waals surface area contributed by atoms with Crippen LogP contribution in [0.4, 0.5) is 0 Å². The van der Waals surface area contributed by atoms with Gasteiger partial charge in [-0.05, 0) is 6.07 Å². The van der Waals surface area contributed by atoms with Crippen molar-refractivity contribution in [2.75, 3.05) is 6.54 Å². The Bertz CT molecular complexity index is 615. The van der Waals surface area contributed by atoms with Crippen molar-refractivity contribution in [2.45, 2.75) is 0 Å². The summed E-state index contributed by atoms with van der Waals surface area (Å²) in [6.45, 7) is 0.207. The predicted octanol–water partition coefficient (Wildman–Crippen LogP) is 2.83. The summed E-state index contributed by atoms with van der Waals surface area (Å²) in [4.78, 5) is 16.4. The monoisotopic (exact) mass is 276 g/mol. The predicted molar refractivity (Wildman–Crippen MR) is 73.7 cm³/mol. The first-order chi connectivity index (χ1) is 8.72. The standard InChI is InChI=1S/C13H9ClN2OS/c1-2-7-15-12(17)11-8-16-13(18-11)9-5-3-4-6-10(9)14/h1,3-6,8H,7H2,(H,15,17). The maximum Gasteiger partial charge on any atom is 0.263 e. The molecule has 0 aliphatic rings. The Balaban J connectivity index is 2.24. The molecule has 0 saturated heterocycles. The highest BCUT2D eigenvalue weighted by Crippen LogP contribution is 2.30. The van der Waals surface area contributed by atoms with Gasteiger partial charge in [-0.2, -0.15) is 0 Å². The second-order valence-corrected chi connectivity index (χ2v) is 4.83. The fourth-order valence-electron chi connectivity index (χ4n) is 1.36. The molecule has 0 atom stereocenters. The van der Waals surface area contributed by atoms with Crippen LogP contribution in [-0.4, -0.2) is 17.4 Å². The number of hydrogen-bond acceptors (Lipinski definition) is 3. The molecule has 0 spiro atoms. The van der Waals surface area contributed by atoms with Crippen LogP contribution >= 0.6 is 22.9 Å². The van der Waals surface area contributed by atoms with Crippen LogP contribution in [0.25, 0.3) is 10.6 Å². The minimum absolute atomic E-state index is 0.207. The number of thiazole rings is 1. The fourth-order valence-corrected chi connectivity index (χ4v) is 2.51. The molecule has 0 aliphatic carbocycles. The van der Waals surface area contributed by atoms with Crippen LogP contribution in [0.5, 0.6) is 0 Å². The van der Waals surface area contributed by atoms with E-state index >= 15 is 0 Å². The van der Waals surface area contributed by atoms with Gasteiger partial charge in [0.1, 0.15) is 9.88 Å². The highest BCUT2D eigenvalue weighted by molar-refractivity contribution is 7.17. The summed E-state index contributed by atoms with van der Waals surface area (Å²) in [5, 5.41) is 3.92. The normalized spacial score (nSPS) is 9.78. The van der Waals surface area contributed by atoms with E-state index < -0.39 is 0 Å². The number of amides is 1. The molecule has 5 heteroatoms. The molecule has 1 aromatic carbocycles. The van der Waals surface area contributed by atoms with Crippen molar-refractivity contribution >= 4 is 28.8 Å². The first-order valence-electron chi connectivity index (χ1n) is 5.14. The van der Waals surface area contributed by atoms with Gasteiger partial charge in [0.2, 0.25) is 0 Å². The third-order valence-electron chi connectivity index (χ3n) is 2.18. The van der Waals surface area contributed by atoms with Gasteiger partial charge >= 0.3 is 0 Å². The molecule has 90 valence electrons. The van der Waals surface area contributed by atoms with E-state index in [2.05, 4.69) is 16.2 Å². The van der Waals surface area contributed by atoms with Gasteiger partial charge in [-0.1, -0.05) is 35.7 Å². The van der Waals surface area contributed by atoms with Crippen LogP contribution < -0.4 is 5.32 Å². The zero-order chi connectivity index (χ0) is 13.0. The van der Waals surface area contributed by atoms with E-state index in [9.17, 15) is 4.79 Å². The highest BCUT2D eigenvalue weighted by atomic mass is 35.5. The van der Waals surface area contributed by atoms with Gasteiger partial charge in [-0.25, -0.2) is 4.98 Å². The van der Waals surface area contributed by atoms with Gasteiger partial charge in [-0.3, -0.25) is 4.79 Å². The van der Waals surface area contributed by atoms with E-state index in [1.807, 2.05) is 18.2 Å². The molecule has 0 bridgehead atoms. The van der Waals surface area contributed by atoms with Crippen molar-refractivity contribution < 1.29 is 4.79 Å². The molecule has 0 aliphatic heterocycles. The number of rotatable bonds is 3. The fraction of sp³-hybridized carbons (Fsp3) is 0.0769. The van der Waals surface area contributed by atoms with E-state index in [1.165, 1.54) is 17.5 Å². The maximum atomic E-state index is 11.7. The maximum absolute atomic E-state index is 11.7. The van der Waals surface area contributed by atoms with Gasteiger partial charge in [0.05, 0.1) is 17.8 Å². The van der Waals surface area contributed by atoms with E-state index in [0.29, 0.717) is 14.9 Å². The van der Waals surface area contributed by atoms with Crippen LogP contribution in [-0.2, 0) is 0 Å². The summed E-state index contributed by atoms with van der Waals surface area (Å²) in [7, 11) is 0. The molecular formula is C13H9ClN2OS. The smallest absolute Gasteiger partial charge is 0.263 e. The third-order valence-corrected chi connectivity index (χ3v) is 3.54. The number of hydrogen-bond donors (Lipinski definition) is 1. The third kappa shape index (κ3) is 2.70. The van der Waals surface area contributed by atoms with Crippen molar-refractivity contribution in [3.05, 3.63) is 40.4 Å². The minimum Gasteiger partial charge on any atom is -0.340 e. The summed E-state index contributed by atoms with van der Waals surface area (Å²) in [6, 6.07) is 7.38. The molecule has 1 aromatic heterocycles. The molecule has 1 amide bonds. The average molecular weight is 277 g/mol. The number of carbonyl (C=O) groups excluding carboxylic acids is 1. The molecule has 0 fully saturated rings. The second kappa shape index (κ2) is 5.67. The number of halogens is 1. The number of nitrogens with one attached hydrogen (secondary N) is 1. The summed E-state index contributed by atoms with van der Waals surface area (Å²) >= 11 is 7.35. The minimum atomic E-state index is -0.219. The van der Waals surface area contributed by atoms with E-state index in [0.717, 1.165) is 5.56 Å². The molecule has 0 unspecified atom stereocenters. The van der Waals surface area contributed by atoms with E-state index in [1.54, 1.807) is 6.07 Å². The van der Waals surface area contributed by atoms with E-state index in [-0.39, 0.29) is 12.5 Å². The molecule has 2 aromatic rings. The Kier molecular flexibility index (Phi) is 3.98. The first kappa shape index (κ1) is 12.6. The second-order valence-electron chi connectivity index (χ2n) is 3.40. The molecule has 18 heavy (non-hydrogen) atoms. The SMILES string of the molecule is C#CCNC(=O)c1cnc(-c2ccccc2Cl)s1. The largest absolute Gasteiger partial charge is 0.340 e. The molecular weight excluding hydrogens is 268 g/mol. The lowest BCUT2D eigenvalue weighted by Gasteiger charge is -1.98. The van der Waals surface area contributed by atoms with Crippen LogP contribution in [0, 0.1) is 12.3 Å². The van der Waals surface area contributed by atoms with E-state index in [4.69, 9.17) is 18.0 Å². The molecule has 0 radical (unpaired) electrons. The quantitative estimate of drug-likeness (QED) is 0.876. The average Bonchev–Trinajstić information content (AvgIpc) is 2.86. The molecule has 1 heterocycles. The summed E-state index contributed by atoms with van der Waals surface area (Å²) < 4.78 is 0. The lowest BCUT2D eigenvalue weighted by Crippen LogP contribution is -2.22. The zero-order valence-corrected chi connectivity index (χ0v) is 10.9. The number of carbonyl (C=O) groups is 1. The van der Waals surface area contributed by atoms with Gasteiger partial charge in [-0.15, -0.1) is 17.8 Å². The highest BCUT2D eigenvalue weighted by Gasteiger charge is 2.12. The molecule has 3 nitrogen and oxygen atoms in total. The van der Waals surface area contributed by atoms with Crippen LogP contribution in [0.2, 0.25) is 5.02 Å². The van der Waals surface area contributed by atoms with Crippen molar-refractivity contribution in [1.29, 1.82) is 0 Å². The topological polar surface area (TPSA) is 42.0 Å². The lowest BCUT2D eigenvalue weighted by atomic mass is 10.2. The number of nitrogens with zero attached hydrogens (tertiary/aromatic N) is 1. The number of aromatic nitrogens is 1. The zero-order valence-electron chi connectivity index (χ0n) is 9.31. The Morgan fingerprint density at radius 1 is 1.50 bits per heavy atom. The van der Waals surface area contributed by atoms with Gasteiger partial charge in [0.15, 0.2) is 0 Å².